The third-order valence-electron chi connectivity index (χ3n) is 7.95. The first kappa shape index (κ1) is 21.4. The molecule has 3 saturated carbocycles. The van der Waals surface area contributed by atoms with Crippen LogP contribution in [0.2, 0.25) is 0 Å². The van der Waals surface area contributed by atoms with Gasteiger partial charge in [-0.15, -0.1) is 0 Å². The second-order valence-electron chi connectivity index (χ2n) is 10.2. The molecule has 0 aliphatic heterocycles. The molecule has 6 heteroatoms. The molecule has 3 fully saturated rings. The van der Waals surface area contributed by atoms with Crippen LogP contribution in [0.5, 0.6) is 0 Å². The summed E-state index contributed by atoms with van der Waals surface area (Å²) < 4.78 is 0. The number of pyridine rings is 1. The summed E-state index contributed by atoms with van der Waals surface area (Å²) in [7, 11) is 3.97. The van der Waals surface area contributed by atoms with E-state index in [-0.39, 0.29) is 0 Å². The molecule has 0 radical (unpaired) electrons. The maximum absolute atomic E-state index is 12.7. The minimum absolute atomic E-state index is 0.322. The SMILES string of the molecule is CN(C)c1ncc(-c2ccncc2)c(C2CCC(CNC(=O)C3[C@@H]4CCCC[C@@H]34)CC2)n1. The summed E-state index contributed by atoms with van der Waals surface area (Å²) in [5.74, 6) is 3.80. The Bertz CT molecular complexity index is 926. The van der Waals surface area contributed by atoms with Gasteiger partial charge in [0.2, 0.25) is 11.9 Å². The Kier molecular flexibility index (Phi) is 6.11. The smallest absolute Gasteiger partial charge is 0.225 e. The predicted molar refractivity (Wildman–Crippen MR) is 126 cm³/mol. The number of hydrogen-bond acceptors (Lipinski definition) is 5. The van der Waals surface area contributed by atoms with Gasteiger partial charge >= 0.3 is 0 Å². The first-order valence-corrected chi connectivity index (χ1v) is 12.3. The molecular weight excluding hydrogens is 398 g/mol. The maximum Gasteiger partial charge on any atom is 0.225 e. The van der Waals surface area contributed by atoms with Crippen LogP contribution in [-0.4, -0.2) is 41.5 Å². The van der Waals surface area contributed by atoms with E-state index in [2.05, 4.69) is 15.3 Å². The number of nitrogens with zero attached hydrogens (tertiary/aromatic N) is 4. The van der Waals surface area contributed by atoms with Crippen LogP contribution in [0.1, 0.15) is 63.0 Å². The lowest BCUT2D eigenvalue weighted by Crippen LogP contribution is -2.32. The normalized spacial score (nSPS) is 29.1. The minimum Gasteiger partial charge on any atom is -0.356 e. The monoisotopic (exact) mass is 433 g/mol. The van der Waals surface area contributed by atoms with Crippen LogP contribution in [0, 0.1) is 23.7 Å². The highest BCUT2D eigenvalue weighted by Crippen LogP contribution is 2.55. The number of hydrogen-bond donors (Lipinski definition) is 1. The van der Waals surface area contributed by atoms with Crippen LogP contribution in [0.3, 0.4) is 0 Å². The van der Waals surface area contributed by atoms with Crippen molar-refractivity contribution in [3.05, 3.63) is 36.4 Å². The molecule has 32 heavy (non-hydrogen) atoms. The lowest BCUT2D eigenvalue weighted by molar-refractivity contribution is -0.123. The number of nitrogens with one attached hydrogen (secondary N) is 1. The number of anilines is 1. The predicted octanol–water partition coefficient (Wildman–Crippen LogP) is 4.43. The number of rotatable bonds is 6. The van der Waals surface area contributed by atoms with Gasteiger partial charge in [-0.05, 0) is 74.0 Å². The van der Waals surface area contributed by atoms with Gasteiger partial charge in [-0.25, -0.2) is 9.97 Å². The van der Waals surface area contributed by atoms with Crippen LogP contribution in [0.4, 0.5) is 5.95 Å². The number of carbonyl (C=O) groups is 1. The Morgan fingerprint density at radius 3 is 2.38 bits per heavy atom. The van der Waals surface area contributed by atoms with Gasteiger partial charge < -0.3 is 10.2 Å². The quantitative estimate of drug-likeness (QED) is 0.730. The summed E-state index contributed by atoms with van der Waals surface area (Å²) in [4.78, 5) is 28.3. The van der Waals surface area contributed by atoms with Gasteiger partial charge in [0.25, 0.3) is 0 Å². The molecule has 0 spiro atoms. The Morgan fingerprint density at radius 1 is 1.03 bits per heavy atom. The molecule has 2 atom stereocenters. The average molecular weight is 434 g/mol. The van der Waals surface area contributed by atoms with Crippen molar-refractivity contribution in [3.63, 3.8) is 0 Å². The van der Waals surface area contributed by atoms with E-state index in [9.17, 15) is 4.79 Å². The molecule has 0 bridgehead atoms. The zero-order valence-electron chi connectivity index (χ0n) is 19.3. The number of aromatic nitrogens is 3. The van der Waals surface area contributed by atoms with Crippen molar-refractivity contribution >= 4 is 11.9 Å². The van der Waals surface area contributed by atoms with Gasteiger partial charge in [0, 0.05) is 56.6 Å². The molecule has 2 aromatic heterocycles. The molecule has 6 nitrogen and oxygen atoms in total. The van der Waals surface area contributed by atoms with E-state index in [1.165, 1.54) is 25.7 Å². The average Bonchev–Trinajstić information content (AvgIpc) is 3.58. The van der Waals surface area contributed by atoms with Gasteiger partial charge in [-0.3, -0.25) is 9.78 Å². The lowest BCUT2D eigenvalue weighted by atomic mass is 9.79. The fourth-order valence-corrected chi connectivity index (χ4v) is 6.05. The van der Waals surface area contributed by atoms with Gasteiger partial charge in [0.05, 0.1) is 5.69 Å². The van der Waals surface area contributed by atoms with Crippen LogP contribution in [0.15, 0.2) is 30.7 Å². The summed E-state index contributed by atoms with van der Waals surface area (Å²) in [5.41, 5.74) is 3.39. The van der Waals surface area contributed by atoms with Crippen molar-refractivity contribution in [2.24, 2.45) is 23.7 Å². The fourth-order valence-electron chi connectivity index (χ4n) is 6.05. The summed E-state index contributed by atoms with van der Waals surface area (Å²) in [6.45, 7) is 0.839. The van der Waals surface area contributed by atoms with E-state index >= 15 is 0 Å². The minimum atomic E-state index is 0.322. The van der Waals surface area contributed by atoms with Crippen molar-refractivity contribution < 1.29 is 4.79 Å². The van der Waals surface area contributed by atoms with Gasteiger partial charge in [-0.1, -0.05) is 12.8 Å². The highest BCUT2D eigenvalue weighted by atomic mass is 16.2. The Morgan fingerprint density at radius 2 is 1.72 bits per heavy atom. The van der Waals surface area contributed by atoms with Crippen molar-refractivity contribution in [1.29, 1.82) is 0 Å². The van der Waals surface area contributed by atoms with Gasteiger partial charge in [0.1, 0.15) is 0 Å². The van der Waals surface area contributed by atoms with E-state index in [0.717, 1.165) is 55.0 Å². The number of amides is 1. The molecule has 3 aliphatic rings. The summed E-state index contributed by atoms with van der Waals surface area (Å²) >= 11 is 0. The molecular formula is C26H35N5O. The largest absolute Gasteiger partial charge is 0.356 e. The van der Waals surface area contributed by atoms with Gasteiger partial charge in [0.15, 0.2) is 0 Å². The van der Waals surface area contributed by atoms with Crippen molar-refractivity contribution in [3.8, 4) is 11.1 Å². The molecule has 3 aliphatic carbocycles. The summed E-state index contributed by atoms with van der Waals surface area (Å²) in [6.07, 6.45) is 15.3. The number of fused-ring (bicyclic) bond motifs is 1. The standard InChI is InChI=1S/C26H35N5O/c1-31(2)26-29-16-22(18-11-13-27-14-12-18)24(30-26)19-9-7-17(8-10-19)15-28-25(32)23-20-5-3-4-6-21(20)23/h11-14,16-17,19-21,23H,3-10,15H2,1-2H3,(H,28,32)/t17?,19?,20-,21-/m1/s1. The van der Waals surface area contributed by atoms with Crippen molar-refractivity contribution in [1.82, 2.24) is 20.3 Å². The maximum atomic E-state index is 12.7. The van der Waals surface area contributed by atoms with Gasteiger partial charge in [-0.2, -0.15) is 0 Å². The molecule has 5 rings (SSSR count). The van der Waals surface area contributed by atoms with E-state index in [0.29, 0.717) is 35.5 Å². The topological polar surface area (TPSA) is 71.0 Å². The van der Waals surface area contributed by atoms with E-state index in [1.807, 2.05) is 49.7 Å². The Balaban J connectivity index is 1.21. The molecule has 0 aromatic carbocycles. The second-order valence-corrected chi connectivity index (χ2v) is 10.2. The lowest BCUT2D eigenvalue weighted by Gasteiger charge is -2.30. The van der Waals surface area contributed by atoms with Crippen LogP contribution in [-0.2, 0) is 4.79 Å². The van der Waals surface area contributed by atoms with E-state index in [4.69, 9.17) is 4.98 Å². The third kappa shape index (κ3) is 4.37. The molecule has 2 heterocycles. The zero-order chi connectivity index (χ0) is 22.1. The van der Waals surface area contributed by atoms with Crippen molar-refractivity contribution in [2.45, 2.75) is 57.3 Å². The molecule has 0 unspecified atom stereocenters. The van der Waals surface area contributed by atoms with Crippen molar-refractivity contribution in [2.75, 3.05) is 25.5 Å². The van der Waals surface area contributed by atoms with Crippen LogP contribution in [0.25, 0.3) is 11.1 Å². The molecule has 170 valence electrons. The first-order valence-electron chi connectivity index (χ1n) is 12.3. The first-order chi connectivity index (χ1) is 15.6. The molecule has 1 amide bonds. The van der Waals surface area contributed by atoms with Crippen LogP contribution >= 0.6 is 0 Å². The fraction of sp³-hybridized carbons (Fsp3) is 0.615. The molecule has 1 N–H and O–H groups in total. The highest BCUT2D eigenvalue weighted by molar-refractivity contribution is 5.82. The third-order valence-corrected chi connectivity index (χ3v) is 7.95. The van der Waals surface area contributed by atoms with Crippen LogP contribution < -0.4 is 10.2 Å². The number of carbonyl (C=O) groups excluding carboxylic acids is 1. The molecule has 2 aromatic rings. The summed E-state index contributed by atoms with van der Waals surface area (Å²) in [6, 6.07) is 4.07. The zero-order valence-corrected chi connectivity index (χ0v) is 19.3. The van der Waals surface area contributed by atoms with E-state index in [1.54, 1.807) is 0 Å². The molecule has 0 saturated heterocycles. The highest BCUT2D eigenvalue weighted by Gasteiger charge is 2.54. The Hall–Kier alpha value is -2.50. The Labute approximate surface area is 191 Å². The second kappa shape index (κ2) is 9.16. The van der Waals surface area contributed by atoms with E-state index < -0.39 is 0 Å². The summed E-state index contributed by atoms with van der Waals surface area (Å²) in [5, 5.41) is 3.31.